The summed E-state index contributed by atoms with van der Waals surface area (Å²) in [5.74, 6) is 0. The van der Waals surface area contributed by atoms with E-state index in [1.54, 1.807) is 0 Å². The Kier molecular flexibility index (Phi) is 18.8. The minimum Gasteiger partial charge on any atom is -0.395 e. The Bertz CT molecular complexity index is 200. The fraction of sp³-hybridized carbons (Fsp3) is 1.00. The predicted molar refractivity (Wildman–Crippen MR) is 96.2 cm³/mol. The van der Waals surface area contributed by atoms with E-state index in [1.807, 2.05) is 0 Å². The number of ether oxygens (including phenoxy) is 1. The Morgan fingerprint density at radius 1 is 0.727 bits per heavy atom. The van der Waals surface area contributed by atoms with Gasteiger partial charge in [-0.2, -0.15) is 0 Å². The zero-order valence-corrected chi connectivity index (χ0v) is 15.0. The smallest absolute Gasteiger partial charge is 0.0639 e. The molecule has 0 fully saturated rings. The average Bonchev–Trinajstić information content (AvgIpc) is 2.54. The Hall–Kier alpha value is -0.120. The first kappa shape index (κ1) is 21.9. The second-order valence-corrected chi connectivity index (χ2v) is 6.61. The molecule has 0 saturated heterocycles. The molecular formula is C19H41NO2. The van der Waals surface area contributed by atoms with E-state index in [2.05, 4.69) is 6.92 Å². The van der Waals surface area contributed by atoms with Crippen LogP contribution >= 0.6 is 0 Å². The Balaban J connectivity index is 2.97. The van der Waals surface area contributed by atoms with Gasteiger partial charge in [-0.05, 0) is 6.42 Å². The molecule has 3 heteroatoms. The number of rotatable bonds is 18. The lowest BCUT2D eigenvalue weighted by molar-refractivity contribution is 0.0980. The Morgan fingerprint density at radius 3 is 1.55 bits per heavy atom. The van der Waals surface area contributed by atoms with E-state index in [-0.39, 0.29) is 12.6 Å². The predicted octanol–water partition coefficient (Wildman–Crippen LogP) is 4.80. The maximum atomic E-state index is 8.76. The topological polar surface area (TPSA) is 55.5 Å². The summed E-state index contributed by atoms with van der Waals surface area (Å²) in [6.45, 7) is 3.55. The molecule has 22 heavy (non-hydrogen) atoms. The molecule has 0 amide bonds. The van der Waals surface area contributed by atoms with Crippen LogP contribution in [0.4, 0.5) is 0 Å². The normalized spacial score (nSPS) is 12.7. The van der Waals surface area contributed by atoms with Gasteiger partial charge in [-0.3, -0.25) is 0 Å². The molecule has 0 aliphatic rings. The van der Waals surface area contributed by atoms with E-state index in [0.717, 1.165) is 13.0 Å². The number of aliphatic hydroxyl groups is 1. The lowest BCUT2D eigenvalue weighted by atomic mass is 10.0. The van der Waals surface area contributed by atoms with E-state index in [1.165, 1.54) is 83.5 Å². The Morgan fingerprint density at radius 2 is 1.14 bits per heavy atom. The van der Waals surface area contributed by atoms with Crippen molar-refractivity contribution in [3.05, 3.63) is 0 Å². The minimum atomic E-state index is -0.216. The summed E-state index contributed by atoms with van der Waals surface area (Å²) in [7, 11) is 0. The molecule has 0 aromatic rings. The van der Waals surface area contributed by atoms with E-state index in [4.69, 9.17) is 15.6 Å². The summed E-state index contributed by atoms with van der Waals surface area (Å²) in [5, 5.41) is 8.76. The second-order valence-electron chi connectivity index (χ2n) is 6.61. The van der Waals surface area contributed by atoms with Crippen LogP contribution in [0.3, 0.4) is 0 Å². The van der Waals surface area contributed by atoms with Crippen LogP contribution in [-0.4, -0.2) is 31.0 Å². The zero-order valence-electron chi connectivity index (χ0n) is 15.0. The molecule has 0 aliphatic heterocycles. The van der Waals surface area contributed by atoms with Gasteiger partial charge in [0, 0.05) is 6.61 Å². The van der Waals surface area contributed by atoms with Gasteiger partial charge in [0.05, 0.1) is 19.3 Å². The van der Waals surface area contributed by atoms with E-state index >= 15 is 0 Å². The molecule has 3 N–H and O–H groups in total. The van der Waals surface area contributed by atoms with Gasteiger partial charge in [0.2, 0.25) is 0 Å². The van der Waals surface area contributed by atoms with Gasteiger partial charge in [0.15, 0.2) is 0 Å². The van der Waals surface area contributed by atoms with Gasteiger partial charge in [-0.15, -0.1) is 0 Å². The van der Waals surface area contributed by atoms with Gasteiger partial charge in [0.25, 0.3) is 0 Å². The SMILES string of the molecule is CCCCCCCCCCCCCCCCOCC(N)CO. The van der Waals surface area contributed by atoms with Crippen LogP contribution in [0.25, 0.3) is 0 Å². The summed E-state index contributed by atoms with van der Waals surface area (Å²) in [6.07, 6.45) is 19.3. The first-order valence-corrected chi connectivity index (χ1v) is 9.75. The van der Waals surface area contributed by atoms with Crippen molar-refractivity contribution in [3.63, 3.8) is 0 Å². The molecule has 0 aliphatic carbocycles. The number of aliphatic hydroxyl groups excluding tert-OH is 1. The molecule has 0 aromatic carbocycles. The fourth-order valence-corrected chi connectivity index (χ4v) is 2.69. The fourth-order valence-electron chi connectivity index (χ4n) is 2.69. The first-order chi connectivity index (χ1) is 10.8. The molecule has 0 aromatic heterocycles. The minimum absolute atomic E-state index is 0.0126. The van der Waals surface area contributed by atoms with E-state index < -0.39 is 0 Å². The third-order valence-electron chi connectivity index (χ3n) is 4.21. The highest BCUT2D eigenvalue weighted by Crippen LogP contribution is 2.12. The summed E-state index contributed by atoms with van der Waals surface area (Å²) >= 11 is 0. The number of hydrogen-bond donors (Lipinski definition) is 2. The molecule has 0 rings (SSSR count). The van der Waals surface area contributed by atoms with Crippen molar-refractivity contribution < 1.29 is 9.84 Å². The van der Waals surface area contributed by atoms with Crippen molar-refractivity contribution in [1.29, 1.82) is 0 Å². The molecule has 0 radical (unpaired) electrons. The van der Waals surface area contributed by atoms with Crippen molar-refractivity contribution in [2.45, 2.75) is 103 Å². The first-order valence-electron chi connectivity index (χ1n) is 9.75. The van der Waals surface area contributed by atoms with Gasteiger partial charge < -0.3 is 15.6 Å². The van der Waals surface area contributed by atoms with Gasteiger partial charge in [-0.1, -0.05) is 90.4 Å². The Labute approximate surface area is 139 Å². The van der Waals surface area contributed by atoms with Crippen LogP contribution in [-0.2, 0) is 4.74 Å². The molecular weight excluding hydrogens is 274 g/mol. The maximum absolute atomic E-state index is 8.76. The van der Waals surface area contributed by atoms with E-state index in [9.17, 15) is 0 Å². The number of hydrogen-bond acceptors (Lipinski definition) is 3. The van der Waals surface area contributed by atoms with Gasteiger partial charge in [0.1, 0.15) is 0 Å². The lowest BCUT2D eigenvalue weighted by Crippen LogP contribution is -2.30. The van der Waals surface area contributed by atoms with E-state index in [0.29, 0.717) is 6.61 Å². The highest BCUT2D eigenvalue weighted by Gasteiger charge is 1.99. The van der Waals surface area contributed by atoms with Crippen LogP contribution in [0.5, 0.6) is 0 Å². The van der Waals surface area contributed by atoms with Crippen LogP contribution in [0.1, 0.15) is 96.8 Å². The van der Waals surface area contributed by atoms with Crippen molar-refractivity contribution in [1.82, 2.24) is 0 Å². The summed E-state index contributed by atoms with van der Waals surface area (Å²) in [4.78, 5) is 0. The van der Waals surface area contributed by atoms with Crippen molar-refractivity contribution in [2.24, 2.45) is 5.73 Å². The van der Waals surface area contributed by atoms with Gasteiger partial charge >= 0.3 is 0 Å². The summed E-state index contributed by atoms with van der Waals surface area (Å²) < 4.78 is 5.41. The monoisotopic (exact) mass is 315 g/mol. The third-order valence-corrected chi connectivity index (χ3v) is 4.21. The van der Waals surface area contributed by atoms with Crippen LogP contribution < -0.4 is 5.73 Å². The highest BCUT2D eigenvalue weighted by atomic mass is 16.5. The molecule has 0 heterocycles. The standard InChI is InChI=1S/C19H41NO2/c1-2-3-4-5-6-7-8-9-10-11-12-13-14-15-16-22-18-19(20)17-21/h19,21H,2-18,20H2,1H3. The summed E-state index contributed by atoms with van der Waals surface area (Å²) in [5.41, 5.74) is 5.56. The van der Waals surface area contributed by atoms with Crippen LogP contribution in [0.15, 0.2) is 0 Å². The number of nitrogens with two attached hydrogens (primary N) is 1. The largest absolute Gasteiger partial charge is 0.395 e. The quantitative estimate of drug-likeness (QED) is 0.357. The molecule has 1 atom stereocenters. The molecule has 0 spiro atoms. The molecule has 0 bridgehead atoms. The highest BCUT2D eigenvalue weighted by molar-refractivity contribution is 4.55. The molecule has 1 unspecified atom stereocenters. The number of unbranched alkanes of at least 4 members (excludes halogenated alkanes) is 13. The lowest BCUT2D eigenvalue weighted by Gasteiger charge is -2.08. The average molecular weight is 316 g/mol. The van der Waals surface area contributed by atoms with Crippen molar-refractivity contribution in [3.8, 4) is 0 Å². The summed E-state index contributed by atoms with van der Waals surface area (Å²) in [6, 6.07) is -0.216. The maximum Gasteiger partial charge on any atom is 0.0639 e. The second kappa shape index (κ2) is 18.9. The van der Waals surface area contributed by atoms with Crippen molar-refractivity contribution in [2.75, 3.05) is 19.8 Å². The zero-order chi connectivity index (χ0) is 16.3. The molecule has 0 saturated carbocycles. The van der Waals surface area contributed by atoms with Crippen LogP contribution in [0.2, 0.25) is 0 Å². The molecule has 134 valence electrons. The van der Waals surface area contributed by atoms with Crippen LogP contribution in [0, 0.1) is 0 Å². The van der Waals surface area contributed by atoms with Gasteiger partial charge in [-0.25, -0.2) is 0 Å². The van der Waals surface area contributed by atoms with Crippen molar-refractivity contribution >= 4 is 0 Å². The molecule has 3 nitrogen and oxygen atoms in total. The third kappa shape index (κ3) is 17.9.